The molecular weight excluding hydrogens is 418 g/mol. The first kappa shape index (κ1) is 28.4. The van der Waals surface area contributed by atoms with Gasteiger partial charge in [-0.05, 0) is 6.42 Å². The van der Waals surface area contributed by atoms with Crippen molar-refractivity contribution in [3.63, 3.8) is 0 Å². The zero-order chi connectivity index (χ0) is 23.2. The molecule has 0 spiro atoms. The third kappa shape index (κ3) is 12.8. The number of alkyl halides is 6. The monoisotopic (exact) mass is 448 g/mol. The van der Waals surface area contributed by atoms with Crippen LogP contribution in [0.3, 0.4) is 0 Å². The third-order valence-corrected chi connectivity index (χ3v) is 4.65. The van der Waals surface area contributed by atoms with Crippen LogP contribution in [0.2, 0.25) is 0 Å². The molecule has 0 amide bonds. The highest BCUT2D eigenvalue weighted by Gasteiger charge is 2.49. The average Bonchev–Trinajstić information content (AvgIpc) is 2.63. The number of halogens is 6. The molecule has 0 bridgehead atoms. The minimum atomic E-state index is -5.54. The lowest BCUT2D eigenvalue weighted by atomic mass is 9.95. The Balaban J connectivity index is 4.28. The Bertz CT molecular complexity index is 528. The summed E-state index contributed by atoms with van der Waals surface area (Å²) < 4.78 is 77.7. The van der Waals surface area contributed by atoms with Gasteiger partial charge in [-0.25, -0.2) is 4.79 Å². The van der Waals surface area contributed by atoms with Gasteiger partial charge in [0.25, 0.3) is 0 Å². The van der Waals surface area contributed by atoms with E-state index in [0.29, 0.717) is 12.8 Å². The molecule has 0 aromatic rings. The van der Waals surface area contributed by atoms with E-state index in [-0.39, 0.29) is 6.42 Å². The van der Waals surface area contributed by atoms with E-state index in [1.54, 1.807) is 0 Å². The quantitative estimate of drug-likeness (QED) is 0.125. The number of hydrogen-bond acceptors (Lipinski definition) is 4. The predicted molar refractivity (Wildman–Crippen MR) is 97.4 cm³/mol. The first-order valence-electron chi connectivity index (χ1n) is 10.3. The summed E-state index contributed by atoms with van der Waals surface area (Å²) in [5, 5.41) is 0. The Labute approximate surface area is 172 Å². The van der Waals surface area contributed by atoms with Crippen molar-refractivity contribution >= 4 is 17.7 Å². The standard InChI is InChI=1S/C20H30F6O4/c1-2-3-4-5-6-7-8-9-10-11-12-13-14-15(16(27)19(21,22)23)17(28)30-18(29)20(24,25)26/h15H,2-14H2,1H3. The number of ketones is 1. The van der Waals surface area contributed by atoms with Gasteiger partial charge in [0, 0.05) is 0 Å². The van der Waals surface area contributed by atoms with Gasteiger partial charge in [-0.1, -0.05) is 84.0 Å². The third-order valence-electron chi connectivity index (χ3n) is 4.65. The van der Waals surface area contributed by atoms with E-state index in [1.807, 2.05) is 0 Å². The molecule has 10 heteroatoms. The van der Waals surface area contributed by atoms with Crippen LogP contribution in [0.4, 0.5) is 26.3 Å². The number of hydrogen-bond donors (Lipinski definition) is 0. The zero-order valence-electron chi connectivity index (χ0n) is 17.2. The second kappa shape index (κ2) is 14.4. The lowest BCUT2D eigenvalue weighted by Crippen LogP contribution is -2.39. The number of carbonyl (C=O) groups is 3. The molecule has 0 aliphatic rings. The fourth-order valence-electron chi connectivity index (χ4n) is 2.96. The van der Waals surface area contributed by atoms with E-state index in [4.69, 9.17) is 0 Å². The van der Waals surface area contributed by atoms with Gasteiger partial charge < -0.3 is 4.74 Å². The number of carbonyl (C=O) groups excluding carboxylic acids is 3. The molecule has 0 N–H and O–H groups in total. The summed E-state index contributed by atoms with van der Waals surface area (Å²) in [5.41, 5.74) is 0. The minimum absolute atomic E-state index is 0.0266. The molecule has 0 heterocycles. The largest absolute Gasteiger partial charge is 0.491 e. The first-order chi connectivity index (χ1) is 13.9. The summed E-state index contributed by atoms with van der Waals surface area (Å²) in [4.78, 5) is 33.6. The van der Waals surface area contributed by atoms with E-state index in [9.17, 15) is 40.7 Å². The molecule has 30 heavy (non-hydrogen) atoms. The second-order valence-corrected chi connectivity index (χ2v) is 7.30. The Hall–Kier alpha value is -1.61. The Morgan fingerprint density at radius 3 is 1.43 bits per heavy atom. The second-order valence-electron chi connectivity index (χ2n) is 7.30. The van der Waals surface area contributed by atoms with Crippen LogP contribution in [0.5, 0.6) is 0 Å². The van der Waals surface area contributed by atoms with E-state index in [0.717, 1.165) is 25.7 Å². The van der Waals surface area contributed by atoms with Crippen LogP contribution < -0.4 is 0 Å². The number of ether oxygens (including phenoxy) is 1. The van der Waals surface area contributed by atoms with Crippen LogP contribution in [0.25, 0.3) is 0 Å². The van der Waals surface area contributed by atoms with E-state index < -0.39 is 42.4 Å². The molecule has 0 rings (SSSR count). The number of rotatable bonds is 15. The van der Waals surface area contributed by atoms with Crippen LogP contribution >= 0.6 is 0 Å². The molecule has 4 nitrogen and oxygen atoms in total. The lowest BCUT2D eigenvalue weighted by molar-refractivity contribution is -0.205. The highest BCUT2D eigenvalue weighted by Crippen LogP contribution is 2.27. The zero-order valence-corrected chi connectivity index (χ0v) is 17.2. The normalized spacial score (nSPS) is 13.2. The van der Waals surface area contributed by atoms with Gasteiger partial charge in [0.2, 0.25) is 5.78 Å². The molecule has 0 radical (unpaired) electrons. The van der Waals surface area contributed by atoms with Crippen molar-refractivity contribution in [2.24, 2.45) is 5.92 Å². The van der Waals surface area contributed by atoms with Crippen molar-refractivity contribution in [1.29, 1.82) is 0 Å². The summed E-state index contributed by atoms with van der Waals surface area (Å²) in [7, 11) is 0. The van der Waals surface area contributed by atoms with Crippen molar-refractivity contribution in [2.75, 3.05) is 0 Å². The predicted octanol–water partition coefficient (Wildman–Crippen LogP) is 6.46. The van der Waals surface area contributed by atoms with Crippen LogP contribution in [-0.2, 0) is 19.1 Å². The fraction of sp³-hybridized carbons (Fsp3) is 0.850. The van der Waals surface area contributed by atoms with E-state index >= 15 is 0 Å². The molecule has 0 fully saturated rings. The van der Waals surface area contributed by atoms with E-state index in [2.05, 4.69) is 11.7 Å². The molecule has 0 aliphatic carbocycles. The maximum atomic E-state index is 12.6. The fourth-order valence-corrected chi connectivity index (χ4v) is 2.96. The first-order valence-corrected chi connectivity index (χ1v) is 10.3. The van der Waals surface area contributed by atoms with Crippen molar-refractivity contribution in [3.8, 4) is 0 Å². The molecule has 0 aliphatic heterocycles. The highest BCUT2D eigenvalue weighted by atomic mass is 19.4. The lowest BCUT2D eigenvalue weighted by Gasteiger charge is -2.16. The van der Waals surface area contributed by atoms with Gasteiger partial charge in [-0.15, -0.1) is 0 Å². The summed E-state index contributed by atoms with van der Waals surface area (Å²) in [6, 6.07) is 0. The van der Waals surface area contributed by atoms with Gasteiger partial charge in [-0.2, -0.15) is 26.3 Å². The van der Waals surface area contributed by atoms with Crippen LogP contribution in [-0.4, -0.2) is 30.1 Å². The molecule has 176 valence electrons. The van der Waals surface area contributed by atoms with Gasteiger partial charge in [0.05, 0.1) is 0 Å². The Kier molecular flexibility index (Phi) is 13.6. The van der Waals surface area contributed by atoms with Crippen molar-refractivity contribution < 1.29 is 45.5 Å². The molecule has 1 unspecified atom stereocenters. The van der Waals surface area contributed by atoms with Gasteiger partial charge in [-0.3, -0.25) is 9.59 Å². The van der Waals surface area contributed by atoms with Crippen LogP contribution in [0, 0.1) is 5.92 Å². The molecular formula is C20H30F6O4. The smallest absolute Gasteiger partial charge is 0.386 e. The SMILES string of the molecule is CCCCCCCCCCCCCCC(C(=O)OC(=O)C(F)(F)F)C(=O)C(F)(F)F. The van der Waals surface area contributed by atoms with E-state index in [1.165, 1.54) is 32.1 Å². The number of unbranched alkanes of at least 4 members (excludes halogenated alkanes) is 11. The topological polar surface area (TPSA) is 60.4 Å². The maximum Gasteiger partial charge on any atom is 0.491 e. The van der Waals surface area contributed by atoms with Crippen LogP contribution in [0.15, 0.2) is 0 Å². The van der Waals surface area contributed by atoms with Crippen molar-refractivity contribution in [3.05, 3.63) is 0 Å². The van der Waals surface area contributed by atoms with Crippen molar-refractivity contribution in [1.82, 2.24) is 0 Å². The summed E-state index contributed by atoms with van der Waals surface area (Å²) in [6.45, 7) is 2.15. The molecule has 1 atom stereocenters. The number of esters is 2. The number of Topliss-reactive ketones (excluding diaryl/α,β-unsaturated/α-hetero) is 1. The maximum absolute atomic E-state index is 12.6. The van der Waals surface area contributed by atoms with Gasteiger partial charge >= 0.3 is 24.3 Å². The molecule has 0 aromatic carbocycles. The molecule has 0 saturated carbocycles. The molecule has 0 aromatic heterocycles. The Morgan fingerprint density at radius 1 is 0.667 bits per heavy atom. The van der Waals surface area contributed by atoms with Gasteiger partial charge in [0.1, 0.15) is 5.92 Å². The summed E-state index contributed by atoms with van der Waals surface area (Å²) >= 11 is 0. The highest BCUT2D eigenvalue weighted by molar-refractivity contribution is 6.04. The summed E-state index contributed by atoms with van der Waals surface area (Å²) in [5.74, 6) is -10.0. The van der Waals surface area contributed by atoms with Crippen LogP contribution in [0.1, 0.15) is 90.4 Å². The van der Waals surface area contributed by atoms with Crippen molar-refractivity contribution in [2.45, 2.75) is 103 Å². The van der Waals surface area contributed by atoms with Gasteiger partial charge in [0.15, 0.2) is 0 Å². The molecule has 0 saturated heterocycles. The summed E-state index contributed by atoms with van der Waals surface area (Å²) in [6.07, 6.45) is -0.499. The minimum Gasteiger partial charge on any atom is -0.386 e. The Morgan fingerprint density at radius 2 is 1.07 bits per heavy atom. The average molecular weight is 448 g/mol.